The van der Waals surface area contributed by atoms with Gasteiger partial charge in [0.25, 0.3) is 0 Å². The number of hydrogen-bond donors (Lipinski definition) is 1. The van der Waals surface area contributed by atoms with Crippen LogP contribution in [0, 0.1) is 12.8 Å². The van der Waals surface area contributed by atoms with Crippen LogP contribution in [0.2, 0.25) is 0 Å². The number of rotatable bonds is 6. The second-order valence-electron chi connectivity index (χ2n) is 6.83. The van der Waals surface area contributed by atoms with Crippen LogP contribution < -0.4 is 10.1 Å². The van der Waals surface area contributed by atoms with Crippen molar-refractivity contribution >= 4 is 11.6 Å². The SMILES string of the molecule is Cc1cnc2n1CC(C(=O)Nc1cccc(OCCN(C)C)c1)CC2. The van der Waals surface area contributed by atoms with E-state index in [1.165, 1.54) is 0 Å². The topological polar surface area (TPSA) is 59.4 Å². The fourth-order valence-corrected chi connectivity index (χ4v) is 3.04. The Labute approximate surface area is 148 Å². The zero-order chi connectivity index (χ0) is 17.8. The minimum atomic E-state index is -0.0290. The highest BCUT2D eigenvalue weighted by atomic mass is 16.5. The molecule has 2 aromatic rings. The number of aryl methyl sites for hydroxylation is 2. The zero-order valence-corrected chi connectivity index (χ0v) is 15.2. The summed E-state index contributed by atoms with van der Waals surface area (Å²) in [5.41, 5.74) is 1.89. The number of carbonyl (C=O) groups excluding carboxylic acids is 1. The van der Waals surface area contributed by atoms with E-state index in [1.807, 2.05) is 51.5 Å². The lowest BCUT2D eigenvalue weighted by Gasteiger charge is -2.24. The van der Waals surface area contributed by atoms with Gasteiger partial charge >= 0.3 is 0 Å². The van der Waals surface area contributed by atoms with E-state index in [0.29, 0.717) is 13.2 Å². The number of hydrogen-bond acceptors (Lipinski definition) is 4. The van der Waals surface area contributed by atoms with Crippen LogP contribution >= 0.6 is 0 Å². The van der Waals surface area contributed by atoms with Crippen molar-refractivity contribution in [2.24, 2.45) is 5.92 Å². The smallest absolute Gasteiger partial charge is 0.229 e. The molecule has 1 aromatic heterocycles. The van der Waals surface area contributed by atoms with E-state index < -0.39 is 0 Å². The highest BCUT2D eigenvalue weighted by molar-refractivity contribution is 5.92. The van der Waals surface area contributed by atoms with Gasteiger partial charge in [-0.05, 0) is 39.6 Å². The normalized spacial score (nSPS) is 16.6. The standard InChI is InChI=1S/C19H26N4O2/c1-14-12-20-18-8-7-15(13-23(14)18)19(24)21-16-5-4-6-17(11-16)25-10-9-22(2)3/h4-6,11-12,15H,7-10,13H2,1-3H3,(H,21,24). The molecule has 0 fully saturated rings. The van der Waals surface area contributed by atoms with Crippen molar-refractivity contribution in [1.82, 2.24) is 14.5 Å². The van der Waals surface area contributed by atoms with Crippen LogP contribution in [0.25, 0.3) is 0 Å². The average Bonchev–Trinajstić information content (AvgIpc) is 2.95. The van der Waals surface area contributed by atoms with E-state index in [1.54, 1.807) is 0 Å². The molecule has 1 atom stereocenters. The minimum absolute atomic E-state index is 0.0290. The molecule has 0 bridgehead atoms. The molecule has 0 saturated heterocycles. The number of nitrogens with one attached hydrogen (secondary N) is 1. The summed E-state index contributed by atoms with van der Waals surface area (Å²) in [5, 5.41) is 3.03. The van der Waals surface area contributed by atoms with Crippen LogP contribution in [0.4, 0.5) is 5.69 Å². The number of anilines is 1. The fourth-order valence-electron chi connectivity index (χ4n) is 3.04. The minimum Gasteiger partial charge on any atom is -0.492 e. The highest BCUT2D eigenvalue weighted by Crippen LogP contribution is 2.23. The van der Waals surface area contributed by atoms with Crippen LogP contribution in [0.15, 0.2) is 30.5 Å². The van der Waals surface area contributed by atoms with Crippen molar-refractivity contribution in [3.8, 4) is 5.75 Å². The first-order valence-corrected chi connectivity index (χ1v) is 8.72. The van der Waals surface area contributed by atoms with Gasteiger partial charge in [0, 0.05) is 43.2 Å². The number of amides is 1. The van der Waals surface area contributed by atoms with E-state index in [9.17, 15) is 4.79 Å². The quantitative estimate of drug-likeness (QED) is 0.875. The molecule has 1 aliphatic heterocycles. The lowest BCUT2D eigenvalue weighted by molar-refractivity contribution is -0.120. The second-order valence-corrected chi connectivity index (χ2v) is 6.83. The van der Waals surface area contributed by atoms with E-state index >= 15 is 0 Å². The fraction of sp³-hybridized carbons (Fsp3) is 0.474. The van der Waals surface area contributed by atoms with Crippen LogP contribution in [-0.4, -0.2) is 47.6 Å². The van der Waals surface area contributed by atoms with Gasteiger partial charge in [-0.1, -0.05) is 6.07 Å². The van der Waals surface area contributed by atoms with Crippen molar-refractivity contribution in [2.75, 3.05) is 32.6 Å². The summed E-state index contributed by atoms with van der Waals surface area (Å²) in [7, 11) is 4.02. The summed E-state index contributed by atoms with van der Waals surface area (Å²) >= 11 is 0. The van der Waals surface area contributed by atoms with Crippen molar-refractivity contribution in [2.45, 2.75) is 26.3 Å². The largest absolute Gasteiger partial charge is 0.492 e. The molecule has 1 amide bonds. The van der Waals surface area contributed by atoms with Gasteiger partial charge in [-0.15, -0.1) is 0 Å². The maximum atomic E-state index is 12.6. The Balaban J connectivity index is 1.59. The van der Waals surface area contributed by atoms with Gasteiger partial charge in [-0.25, -0.2) is 4.98 Å². The molecule has 1 aliphatic rings. The summed E-state index contributed by atoms with van der Waals surface area (Å²) in [4.78, 5) is 19.1. The Morgan fingerprint density at radius 3 is 3.08 bits per heavy atom. The van der Waals surface area contributed by atoms with Gasteiger partial charge in [-0.3, -0.25) is 4.79 Å². The Hall–Kier alpha value is -2.34. The Kier molecular flexibility index (Phi) is 5.38. The highest BCUT2D eigenvalue weighted by Gasteiger charge is 2.26. The molecular weight excluding hydrogens is 316 g/mol. The molecule has 0 spiro atoms. The third-order valence-corrected chi connectivity index (χ3v) is 4.54. The maximum Gasteiger partial charge on any atom is 0.229 e. The molecular formula is C19H26N4O2. The summed E-state index contributed by atoms with van der Waals surface area (Å²) in [6.45, 7) is 4.21. The molecule has 134 valence electrons. The number of benzene rings is 1. The van der Waals surface area contributed by atoms with Crippen molar-refractivity contribution in [1.29, 1.82) is 0 Å². The van der Waals surface area contributed by atoms with E-state index in [0.717, 1.165) is 42.3 Å². The Morgan fingerprint density at radius 2 is 2.28 bits per heavy atom. The first-order valence-electron chi connectivity index (χ1n) is 8.72. The van der Waals surface area contributed by atoms with E-state index in [-0.39, 0.29) is 11.8 Å². The molecule has 0 aliphatic carbocycles. The molecule has 0 saturated carbocycles. The monoisotopic (exact) mass is 342 g/mol. The number of fused-ring (bicyclic) bond motifs is 1. The molecule has 1 aromatic carbocycles. The summed E-state index contributed by atoms with van der Waals surface area (Å²) in [6, 6.07) is 7.59. The van der Waals surface area contributed by atoms with Gasteiger partial charge < -0.3 is 19.5 Å². The van der Waals surface area contributed by atoms with Crippen molar-refractivity contribution in [3.05, 3.63) is 42.0 Å². The number of likely N-dealkylation sites (N-methyl/N-ethyl adjacent to an activating group) is 1. The summed E-state index contributed by atoms with van der Waals surface area (Å²) in [6.07, 6.45) is 3.56. The molecule has 6 heteroatoms. The maximum absolute atomic E-state index is 12.6. The van der Waals surface area contributed by atoms with Crippen molar-refractivity contribution < 1.29 is 9.53 Å². The van der Waals surface area contributed by atoms with Crippen molar-refractivity contribution in [3.63, 3.8) is 0 Å². The molecule has 1 N–H and O–H groups in total. The van der Waals surface area contributed by atoms with Gasteiger partial charge in [0.2, 0.25) is 5.91 Å². The number of carbonyl (C=O) groups is 1. The Morgan fingerprint density at radius 1 is 1.44 bits per heavy atom. The number of aromatic nitrogens is 2. The average molecular weight is 342 g/mol. The lowest BCUT2D eigenvalue weighted by Crippen LogP contribution is -2.31. The second kappa shape index (κ2) is 7.70. The molecule has 2 heterocycles. The van der Waals surface area contributed by atoms with Crippen LogP contribution in [0.5, 0.6) is 5.75 Å². The van der Waals surface area contributed by atoms with Crippen LogP contribution in [0.1, 0.15) is 17.9 Å². The summed E-state index contributed by atoms with van der Waals surface area (Å²) in [5.74, 6) is 1.89. The first kappa shape index (κ1) is 17.5. The van der Waals surface area contributed by atoms with Gasteiger partial charge in [-0.2, -0.15) is 0 Å². The molecule has 25 heavy (non-hydrogen) atoms. The first-order chi connectivity index (χ1) is 12.0. The number of nitrogens with zero attached hydrogens (tertiary/aromatic N) is 3. The molecule has 0 radical (unpaired) electrons. The molecule has 1 unspecified atom stereocenters. The van der Waals surface area contributed by atoms with Crippen LogP contribution in [-0.2, 0) is 17.8 Å². The third kappa shape index (κ3) is 4.39. The predicted molar refractivity (Wildman–Crippen MR) is 97.9 cm³/mol. The van der Waals surface area contributed by atoms with E-state index in [2.05, 4.69) is 19.8 Å². The molecule has 3 rings (SSSR count). The zero-order valence-electron chi connectivity index (χ0n) is 15.2. The van der Waals surface area contributed by atoms with Gasteiger partial charge in [0.05, 0.1) is 5.92 Å². The molecule has 6 nitrogen and oxygen atoms in total. The van der Waals surface area contributed by atoms with Gasteiger partial charge in [0.15, 0.2) is 0 Å². The lowest BCUT2D eigenvalue weighted by atomic mass is 9.98. The number of ether oxygens (including phenoxy) is 1. The van der Waals surface area contributed by atoms with Gasteiger partial charge in [0.1, 0.15) is 18.2 Å². The predicted octanol–water partition coefficient (Wildman–Crippen LogP) is 2.33. The third-order valence-electron chi connectivity index (χ3n) is 4.54. The van der Waals surface area contributed by atoms with Crippen LogP contribution in [0.3, 0.4) is 0 Å². The van der Waals surface area contributed by atoms with E-state index in [4.69, 9.17) is 4.74 Å². The summed E-state index contributed by atoms with van der Waals surface area (Å²) < 4.78 is 7.88. The Bertz CT molecular complexity index is 739. The number of imidazole rings is 1.